The first-order valence-electron chi connectivity index (χ1n) is 37.4. The van der Waals surface area contributed by atoms with Crippen molar-refractivity contribution < 1.29 is 47.1 Å². The molecule has 4 spiro atoms. The van der Waals surface area contributed by atoms with Crippen LogP contribution in [0.15, 0.2) is 224 Å². The number of aromatic nitrogens is 1. The minimum atomic E-state index is -3.99. The van der Waals surface area contributed by atoms with Gasteiger partial charge in [-0.2, -0.15) is 4.31 Å². The quantitative estimate of drug-likeness (QED) is 0.0533. The van der Waals surface area contributed by atoms with E-state index in [1.54, 1.807) is 23.4 Å². The lowest BCUT2D eigenvalue weighted by molar-refractivity contribution is -0.133. The molecule has 0 atom stereocenters. The number of nitrogens with zero attached hydrogens (tertiary/aromatic N) is 9. The molecule has 0 aliphatic carbocycles. The van der Waals surface area contributed by atoms with Gasteiger partial charge in [-0.05, 0) is 83.6 Å². The number of benzene rings is 7. The van der Waals surface area contributed by atoms with Crippen molar-refractivity contribution in [3.05, 3.63) is 251 Å². The van der Waals surface area contributed by atoms with Crippen molar-refractivity contribution in [2.75, 3.05) is 94.5 Å². The van der Waals surface area contributed by atoms with Crippen LogP contribution in [0.5, 0.6) is 5.75 Å². The molecule has 0 bridgehead atoms. The minimum Gasteiger partial charge on any atom is -0.505 e. The number of hydrogen-bond acceptors (Lipinski definition) is 15. The summed E-state index contributed by atoms with van der Waals surface area (Å²) in [5, 5.41) is 32.2. The Morgan fingerprint density at radius 3 is 1.13 bits per heavy atom. The molecule has 8 aliphatic heterocycles. The molecule has 10 amide bonds. The molecule has 9 heterocycles. The number of piperidine rings is 4. The van der Waals surface area contributed by atoms with Crippen molar-refractivity contribution in [3.63, 3.8) is 0 Å². The number of carbonyl (C=O) groups excluding carboxylic acids is 7. The number of anilines is 3. The lowest BCUT2D eigenvalue weighted by Crippen LogP contribution is -2.59. The Morgan fingerprint density at radius 1 is 0.432 bits per heavy atom. The van der Waals surface area contributed by atoms with E-state index in [2.05, 4.69) is 47.1 Å². The molecule has 0 unspecified atom stereocenters. The Hall–Kier alpha value is -10.5. The van der Waals surface area contributed by atoms with Gasteiger partial charge in [0, 0.05) is 140 Å². The lowest BCUT2D eigenvalue weighted by Gasteiger charge is -2.44. The predicted octanol–water partition coefficient (Wildman–Crippen LogP) is 10.1. The van der Waals surface area contributed by atoms with Crippen molar-refractivity contribution in [2.45, 2.75) is 105 Å². The molecule has 8 saturated heterocycles. The summed E-state index contributed by atoms with van der Waals surface area (Å²) in [4.78, 5) is 104. The molecule has 7 aromatic carbocycles. The molecule has 8 N–H and O–H groups in total. The maximum Gasteiger partial charge on any atom is 0.321 e. The second-order valence-corrected chi connectivity index (χ2v) is 31.6. The van der Waals surface area contributed by atoms with E-state index < -0.39 is 21.4 Å². The highest BCUT2D eigenvalue weighted by molar-refractivity contribution is 7.89. The molecule has 8 aromatic rings. The number of carbonyl (C=O) groups is 7. The van der Waals surface area contributed by atoms with Crippen LogP contribution in [-0.2, 0) is 55.4 Å². The molecule has 0 saturated carbocycles. The van der Waals surface area contributed by atoms with Crippen molar-refractivity contribution in [2.24, 2.45) is 0 Å². The smallest absolute Gasteiger partial charge is 0.321 e. The number of urea groups is 3. The van der Waals surface area contributed by atoms with Crippen LogP contribution in [0.1, 0.15) is 73.6 Å². The largest absolute Gasteiger partial charge is 0.505 e. The van der Waals surface area contributed by atoms with Gasteiger partial charge in [0.15, 0.2) is 5.75 Å². The van der Waals surface area contributed by atoms with Crippen molar-refractivity contribution in [1.82, 2.24) is 64.9 Å². The second-order valence-electron chi connectivity index (χ2n) is 28.8. The van der Waals surface area contributed by atoms with E-state index >= 15 is 0 Å². The van der Waals surface area contributed by atoms with Crippen LogP contribution in [0, 0.1) is 0 Å². The molecule has 580 valence electrons. The molecule has 26 nitrogen and oxygen atoms in total. The zero-order chi connectivity index (χ0) is 77.6. The molecular formula is C82H92Cl2N16O10S. The summed E-state index contributed by atoms with van der Waals surface area (Å²) < 4.78 is 27.5. The number of phenols is 1. The Labute approximate surface area is 656 Å². The number of amides is 10. The van der Waals surface area contributed by atoms with Gasteiger partial charge in [-0.3, -0.25) is 45.0 Å². The Morgan fingerprint density at radius 2 is 0.766 bits per heavy atom. The standard InChI is InChI=1S/2C21H24N4O2.C20H21Cl2N3O4S.C20H23N5O2/c2*26-19-15-22-21(25(19)16-17-7-3-1-4-8-17)11-13-24(14-12-21)20(27)23-18-9-5-2-6-10-18;21-15-10-16(22)19(27)17(11-15)30(28,29)25-8-6-20(7-9-25)23-18(26)13-24(20)12-14-4-2-1-3-5-14;26-18-14-22-20(25(18)15-16-5-2-1-3-6-16)8-11-24(12-9-20)19(27)23-17-7-4-10-21-13-17/h2*1-10,22H,11-16H2,(H,23,27);1-5,10-11,27H,6-9,12-13H2,(H,23,26);1-7,10,13,22H,8-9,11-12,14-15H2,(H,23,27). The van der Waals surface area contributed by atoms with E-state index in [-0.39, 0.29) is 93.3 Å². The number of para-hydroxylation sites is 2. The number of halogens is 2. The average molecular weight is 1560 g/mol. The summed E-state index contributed by atoms with van der Waals surface area (Å²) in [5.41, 5.74) is 5.06. The van der Waals surface area contributed by atoms with E-state index in [1.165, 1.54) is 16.4 Å². The molecular weight excluding hydrogens is 1470 g/mol. The van der Waals surface area contributed by atoms with E-state index in [4.69, 9.17) is 23.2 Å². The van der Waals surface area contributed by atoms with Gasteiger partial charge >= 0.3 is 18.1 Å². The van der Waals surface area contributed by atoms with Crippen molar-refractivity contribution in [1.29, 1.82) is 0 Å². The zero-order valence-electron chi connectivity index (χ0n) is 61.6. The third-order valence-electron chi connectivity index (χ3n) is 22.0. The molecule has 29 heteroatoms. The predicted molar refractivity (Wildman–Crippen MR) is 424 cm³/mol. The highest BCUT2D eigenvalue weighted by atomic mass is 35.5. The van der Waals surface area contributed by atoms with Gasteiger partial charge in [-0.25, -0.2) is 22.8 Å². The third kappa shape index (κ3) is 18.8. The maximum atomic E-state index is 13.1. The highest BCUT2D eigenvalue weighted by Gasteiger charge is 2.52. The van der Waals surface area contributed by atoms with Crippen LogP contribution >= 0.6 is 23.2 Å². The summed E-state index contributed by atoms with van der Waals surface area (Å²) in [7, 11) is -3.99. The number of sulfonamides is 1. The summed E-state index contributed by atoms with van der Waals surface area (Å²) in [5.74, 6) is -0.211. The van der Waals surface area contributed by atoms with Crippen LogP contribution < -0.4 is 37.2 Å². The average Bonchev–Trinajstić information content (AvgIpc) is 1.72. The maximum absolute atomic E-state index is 13.1. The van der Waals surface area contributed by atoms with Gasteiger partial charge in [-0.15, -0.1) is 0 Å². The molecule has 8 aliphatic rings. The van der Waals surface area contributed by atoms with Gasteiger partial charge in [0.25, 0.3) is 0 Å². The van der Waals surface area contributed by atoms with Crippen molar-refractivity contribution in [3.8, 4) is 5.75 Å². The SMILES string of the molecule is O=C(Nc1ccccc1)N1CCC2(CC1)NCC(=O)N2Cc1ccccc1.O=C(Nc1ccccc1)N1CCC2(CC1)NCC(=O)N2Cc1ccccc1.O=C(Nc1cccnc1)N1CCC2(CC1)NCC(=O)N2Cc1ccccc1.O=C1CN(Cc2ccccc2)C2(CCN(S(=O)(=O)c3cc(Cl)cc(Cl)c3O)CC2)N1. The Kier molecular flexibility index (Phi) is 25.0. The zero-order valence-corrected chi connectivity index (χ0v) is 63.9. The summed E-state index contributed by atoms with van der Waals surface area (Å²) in [6, 6.07) is 64.7. The number of aromatic hydroxyl groups is 1. The Balaban J connectivity index is 0.000000130. The van der Waals surface area contributed by atoms with E-state index in [1.807, 2.05) is 213 Å². The van der Waals surface area contributed by atoms with Crippen LogP contribution in [0.25, 0.3) is 0 Å². The monoisotopic (exact) mass is 1560 g/mol. The van der Waals surface area contributed by atoms with E-state index in [0.29, 0.717) is 116 Å². The van der Waals surface area contributed by atoms with Gasteiger partial charge in [0.05, 0.1) is 65.7 Å². The lowest BCUT2D eigenvalue weighted by atomic mass is 9.95. The van der Waals surface area contributed by atoms with Gasteiger partial charge in [0.2, 0.25) is 33.7 Å². The van der Waals surface area contributed by atoms with Crippen LogP contribution in [0.4, 0.5) is 31.4 Å². The Bertz CT molecular complexity index is 4330. The number of nitrogens with one attached hydrogen (secondary N) is 7. The number of pyridine rings is 1. The first kappa shape index (κ1) is 78.6. The first-order valence-corrected chi connectivity index (χ1v) is 39.6. The summed E-state index contributed by atoms with van der Waals surface area (Å²) >= 11 is 11.8. The summed E-state index contributed by atoms with van der Waals surface area (Å²) in [6.07, 6.45) is 8.51. The van der Waals surface area contributed by atoms with E-state index in [0.717, 1.165) is 59.3 Å². The van der Waals surface area contributed by atoms with Crippen LogP contribution in [0.2, 0.25) is 10.0 Å². The molecule has 1 aromatic heterocycles. The summed E-state index contributed by atoms with van der Waals surface area (Å²) in [6.45, 7) is 7.78. The normalized spacial score (nSPS) is 19.0. The van der Waals surface area contributed by atoms with Gasteiger partial charge in [0.1, 0.15) is 4.90 Å². The van der Waals surface area contributed by atoms with Gasteiger partial charge in [-0.1, -0.05) is 181 Å². The number of hydrogen-bond donors (Lipinski definition) is 8. The molecule has 8 fully saturated rings. The molecule has 0 radical (unpaired) electrons. The fourth-order valence-electron chi connectivity index (χ4n) is 15.8. The van der Waals surface area contributed by atoms with Crippen molar-refractivity contribution >= 4 is 92.0 Å². The topological polar surface area (TPSA) is 297 Å². The third-order valence-corrected chi connectivity index (χ3v) is 24.4. The minimum absolute atomic E-state index is 0.0681. The number of rotatable bonds is 13. The van der Waals surface area contributed by atoms with E-state index in [9.17, 15) is 47.1 Å². The highest BCUT2D eigenvalue weighted by Crippen LogP contribution is 2.40. The fourth-order valence-corrected chi connectivity index (χ4v) is 18.0. The fraction of sp³-hybridized carbons (Fsp3) is 0.341. The molecule has 16 rings (SSSR count). The second kappa shape index (κ2) is 35.3. The van der Waals surface area contributed by atoms with Crippen LogP contribution in [0.3, 0.4) is 0 Å². The molecule has 111 heavy (non-hydrogen) atoms. The number of likely N-dealkylation sites (tertiary alicyclic amines) is 3. The first-order chi connectivity index (χ1) is 53.7. The van der Waals surface area contributed by atoms with Crippen LogP contribution in [-0.4, -0.2) is 200 Å². The number of phenolic OH excluding ortho intramolecular Hbond substituents is 1. The van der Waals surface area contributed by atoms with Gasteiger partial charge < -0.3 is 55.8 Å².